The van der Waals surface area contributed by atoms with Gasteiger partial charge in [0.15, 0.2) is 0 Å². The quantitative estimate of drug-likeness (QED) is 0.787. The summed E-state index contributed by atoms with van der Waals surface area (Å²) in [7, 11) is 0. The fourth-order valence-electron chi connectivity index (χ4n) is 1.68. The monoisotopic (exact) mass is 232 g/mol. The van der Waals surface area contributed by atoms with Gasteiger partial charge < -0.3 is 5.11 Å². The summed E-state index contributed by atoms with van der Waals surface area (Å²) in [6, 6.07) is 8.12. The zero-order valence-electron chi connectivity index (χ0n) is 10.7. The minimum absolute atomic E-state index is 0.476. The van der Waals surface area contributed by atoms with E-state index < -0.39 is 11.4 Å². The molecule has 1 unspecified atom stereocenters. The van der Waals surface area contributed by atoms with Crippen LogP contribution in [0.3, 0.4) is 0 Å². The molecule has 1 aromatic carbocycles. The Morgan fingerprint density at radius 3 is 2.29 bits per heavy atom. The van der Waals surface area contributed by atoms with Crippen molar-refractivity contribution in [3.8, 4) is 0 Å². The van der Waals surface area contributed by atoms with Crippen LogP contribution in [-0.2, 0) is 11.2 Å². The van der Waals surface area contributed by atoms with Crippen LogP contribution in [0, 0.1) is 5.41 Å². The van der Waals surface area contributed by atoms with Crippen molar-refractivity contribution >= 4 is 5.97 Å². The van der Waals surface area contributed by atoms with Crippen LogP contribution in [0.25, 0.3) is 0 Å². The summed E-state index contributed by atoms with van der Waals surface area (Å²) in [5, 5.41) is 9.17. The third-order valence-corrected chi connectivity index (χ3v) is 3.16. The van der Waals surface area contributed by atoms with Crippen LogP contribution in [0.15, 0.2) is 36.9 Å². The van der Waals surface area contributed by atoms with E-state index in [1.54, 1.807) is 6.92 Å². The molecular formula is C15H20O2. The van der Waals surface area contributed by atoms with E-state index in [-0.39, 0.29) is 0 Å². The van der Waals surface area contributed by atoms with Gasteiger partial charge in [-0.15, -0.1) is 6.58 Å². The minimum Gasteiger partial charge on any atom is -0.481 e. The highest BCUT2D eigenvalue weighted by atomic mass is 16.4. The Bertz CT molecular complexity index is 403. The van der Waals surface area contributed by atoms with Crippen molar-refractivity contribution in [3.05, 3.63) is 48.0 Å². The molecule has 0 radical (unpaired) electrons. The topological polar surface area (TPSA) is 37.3 Å². The van der Waals surface area contributed by atoms with E-state index in [1.165, 1.54) is 11.6 Å². The van der Waals surface area contributed by atoms with E-state index in [1.807, 2.05) is 12.1 Å². The number of benzene rings is 1. The van der Waals surface area contributed by atoms with E-state index in [4.69, 9.17) is 5.11 Å². The Kier molecular flexibility index (Phi) is 4.11. The van der Waals surface area contributed by atoms with Gasteiger partial charge in [-0.2, -0.15) is 0 Å². The number of carboxylic acids is 1. The first kappa shape index (κ1) is 13.5. The van der Waals surface area contributed by atoms with Crippen molar-refractivity contribution in [2.75, 3.05) is 0 Å². The summed E-state index contributed by atoms with van der Waals surface area (Å²) in [5.74, 6) is -0.338. The molecule has 0 saturated carbocycles. The standard InChI is InChI=1S/C15H20O2/c1-5-15(4,14(16)17)10-12-6-8-13(9-7-12)11(2)3/h5-9,11H,1,10H2,2-4H3,(H,16,17). The molecule has 1 atom stereocenters. The number of hydrogen-bond donors (Lipinski definition) is 1. The van der Waals surface area contributed by atoms with Crippen molar-refractivity contribution < 1.29 is 9.90 Å². The number of carbonyl (C=O) groups is 1. The van der Waals surface area contributed by atoms with Gasteiger partial charge >= 0.3 is 5.97 Å². The van der Waals surface area contributed by atoms with Gasteiger partial charge in [-0.05, 0) is 30.4 Å². The predicted octanol–water partition coefficient (Wildman–Crippen LogP) is 3.63. The molecule has 2 nitrogen and oxygen atoms in total. The second-order valence-corrected chi connectivity index (χ2v) is 5.00. The molecule has 0 amide bonds. The molecule has 2 heteroatoms. The maximum Gasteiger partial charge on any atom is 0.313 e. The van der Waals surface area contributed by atoms with Gasteiger partial charge in [0.1, 0.15) is 0 Å². The van der Waals surface area contributed by atoms with Gasteiger partial charge in [0.25, 0.3) is 0 Å². The van der Waals surface area contributed by atoms with E-state index >= 15 is 0 Å². The largest absolute Gasteiger partial charge is 0.481 e. The SMILES string of the molecule is C=CC(C)(Cc1ccc(C(C)C)cc1)C(=O)O. The van der Waals surface area contributed by atoms with Crippen LogP contribution in [0.1, 0.15) is 37.8 Å². The van der Waals surface area contributed by atoms with Crippen molar-refractivity contribution in [2.24, 2.45) is 5.41 Å². The Morgan fingerprint density at radius 1 is 1.41 bits per heavy atom. The number of hydrogen-bond acceptors (Lipinski definition) is 1. The summed E-state index contributed by atoms with van der Waals surface area (Å²) < 4.78 is 0. The van der Waals surface area contributed by atoms with Crippen LogP contribution in [0.4, 0.5) is 0 Å². The fraction of sp³-hybridized carbons (Fsp3) is 0.400. The molecule has 0 bridgehead atoms. The van der Waals surface area contributed by atoms with Gasteiger partial charge in [-0.1, -0.05) is 44.2 Å². The van der Waals surface area contributed by atoms with E-state index in [9.17, 15) is 4.79 Å². The zero-order chi connectivity index (χ0) is 13.1. The highest BCUT2D eigenvalue weighted by molar-refractivity contribution is 5.76. The van der Waals surface area contributed by atoms with Crippen LogP contribution >= 0.6 is 0 Å². The lowest BCUT2D eigenvalue weighted by atomic mass is 9.83. The molecule has 0 saturated heterocycles. The van der Waals surface area contributed by atoms with Crippen LogP contribution in [0.2, 0.25) is 0 Å². The summed E-state index contributed by atoms with van der Waals surface area (Å²) >= 11 is 0. The van der Waals surface area contributed by atoms with Gasteiger partial charge in [0.2, 0.25) is 0 Å². The lowest BCUT2D eigenvalue weighted by Crippen LogP contribution is -2.27. The molecule has 0 aliphatic heterocycles. The van der Waals surface area contributed by atoms with Crippen LogP contribution < -0.4 is 0 Å². The lowest BCUT2D eigenvalue weighted by Gasteiger charge is -2.20. The number of carboxylic acid groups (broad SMARTS) is 1. The fourth-order valence-corrected chi connectivity index (χ4v) is 1.68. The molecule has 17 heavy (non-hydrogen) atoms. The average Bonchev–Trinajstić information content (AvgIpc) is 2.29. The molecule has 0 spiro atoms. The van der Waals surface area contributed by atoms with Crippen LogP contribution in [-0.4, -0.2) is 11.1 Å². The normalized spacial score (nSPS) is 14.4. The third kappa shape index (κ3) is 3.19. The molecule has 0 heterocycles. The number of rotatable bonds is 5. The average molecular weight is 232 g/mol. The summed E-state index contributed by atoms with van der Waals surface area (Å²) in [6.45, 7) is 9.59. The molecule has 1 rings (SSSR count). The summed E-state index contributed by atoms with van der Waals surface area (Å²) in [6.07, 6.45) is 1.98. The molecule has 0 aliphatic carbocycles. The van der Waals surface area contributed by atoms with Crippen molar-refractivity contribution in [3.63, 3.8) is 0 Å². The lowest BCUT2D eigenvalue weighted by molar-refractivity contribution is -0.145. The highest BCUT2D eigenvalue weighted by Crippen LogP contribution is 2.25. The second kappa shape index (κ2) is 5.17. The van der Waals surface area contributed by atoms with Crippen molar-refractivity contribution in [1.82, 2.24) is 0 Å². The molecule has 0 fully saturated rings. The second-order valence-electron chi connectivity index (χ2n) is 5.00. The zero-order valence-corrected chi connectivity index (χ0v) is 10.7. The van der Waals surface area contributed by atoms with E-state index in [2.05, 4.69) is 32.6 Å². The van der Waals surface area contributed by atoms with E-state index in [0.29, 0.717) is 12.3 Å². The van der Waals surface area contributed by atoms with Crippen molar-refractivity contribution in [2.45, 2.75) is 33.1 Å². The predicted molar refractivity (Wildman–Crippen MR) is 70.2 cm³/mol. The number of aliphatic carboxylic acids is 1. The first-order valence-corrected chi connectivity index (χ1v) is 5.85. The Balaban J connectivity index is 2.88. The molecule has 0 aliphatic rings. The highest BCUT2D eigenvalue weighted by Gasteiger charge is 2.29. The Labute approximate surface area is 103 Å². The third-order valence-electron chi connectivity index (χ3n) is 3.16. The first-order chi connectivity index (χ1) is 7.89. The van der Waals surface area contributed by atoms with Crippen molar-refractivity contribution in [1.29, 1.82) is 0 Å². The molecule has 0 aromatic heterocycles. The smallest absolute Gasteiger partial charge is 0.313 e. The molecular weight excluding hydrogens is 212 g/mol. The molecule has 1 aromatic rings. The maximum atomic E-state index is 11.2. The van der Waals surface area contributed by atoms with E-state index in [0.717, 1.165) is 5.56 Å². The van der Waals surface area contributed by atoms with Gasteiger partial charge in [-0.3, -0.25) is 4.79 Å². The summed E-state index contributed by atoms with van der Waals surface area (Å²) in [4.78, 5) is 11.2. The minimum atomic E-state index is -0.890. The van der Waals surface area contributed by atoms with Crippen LogP contribution in [0.5, 0.6) is 0 Å². The summed E-state index contributed by atoms with van der Waals surface area (Å²) in [5.41, 5.74) is 1.41. The molecule has 1 N–H and O–H groups in total. The Hall–Kier alpha value is -1.57. The van der Waals surface area contributed by atoms with Gasteiger partial charge in [0.05, 0.1) is 5.41 Å². The maximum absolute atomic E-state index is 11.2. The molecule has 92 valence electrons. The Morgan fingerprint density at radius 2 is 1.94 bits per heavy atom. The van der Waals surface area contributed by atoms with Gasteiger partial charge in [-0.25, -0.2) is 0 Å². The first-order valence-electron chi connectivity index (χ1n) is 5.85. The van der Waals surface area contributed by atoms with Gasteiger partial charge in [0, 0.05) is 0 Å².